The number of allylic oxidation sites excluding steroid dienone is 4. The third-order valence-corrected chi connectivity index (χ3v) is 5.56. The molecule has 0 atom stereocenters. The van der Waals surface area contributed by atoms with Crippen molar-refractivity contribution in [3.63, 3.8) is 0 Å². The van der Waals surface area contributed by atoms with E-state index in [-0.39, 0.29) is 24.8 Å². The van der Waals surface area contributed by atoms with Gasteiger partial charge in [0.25, 0.3) is 0 Å². The third-order valence-electron chi connectivity index (χ3n) is 5.56. The van der Waals surface area contributed by atoms with Crippen LogP contribution in [0.25, 0.3) is 0 Å². The van der Waals surface area contributed by atoms with Crippen LogP contribution in [0.2, 0.25) is 0 Å². The highest BCUT2D eigenvalue weighted by atomic mass is 16.5. The Morgan fingerprint density at radius 1 is 0.500 bits per heavy atom. The largest absolute Gasteiger partial charge is 0.466 e. The maximum absolute atomic E-state index is 11.7. The first kappa shape index (κ1) is 30.4. The van der Waals surface area contributed by atoms with Crippen LogP contribution >= 0.6 is 0 Å². The maximum atomic E-state index is 11.7. The van der Waals surface area contributed by atoms with Crippen molar-refractivity contribution in [2.24, 2.45) is 0 Å². The summed E-state index contributed by atoms with van der Waals surface area (Å²) in [6.45, 7) is 5.06. The van der Waals surface area contributed by atoms with Gasteiger partial charge in [-0.05, 0) is 52.4 Å². The quantitative estimate of drug-likeness (QED) is 0.0893. The zero-order valence-electron chi connectivity index (χ0n) is 21.1. The monoisotopic (exact) mass is 450 g/mol. The molecule has 0 saturated heterocycles. The SMILES string of the molecule is C/C=C/CCCCCCCCCOC(=O)CCC(=O)OCCCCCCCCC/C=C/C. The first-order chi connectivity index (χ1) is 15.7. The molecule has 0 aromatic carbocycles. The fraction of sp³-hybridized carbons (Fsp3) is 0.786. The summed E-state index contributed by atoms with van der Waals surface area (Å²) in [5.74, 6) is -0.583. The molecule has 0 aromatic heterocycles. The van der Waals surface area contributed by atoms with E-state index in [0.717, 1.165) is 25.7 Å². The Labute approximate surface area is 198 Å². The lowest BCUT2D eigenvalue weighted by Gasteiger charge is -2.06. The van der Waals surface area contributed by atoms with Crippen molar-refractivity contribution in [1.29, 1.82) is 0 Å². The zero-order chi connectivity index (χ0) is 23.5. The lowest BCUT2D eigenvalue weighted by molar-refractivity contribution is -0.150. The van der Waals surface area contributed by atoms with Gasteiger partial charge in [0, 0.05) is 0 Å². The van der Waals surface area contributed by atoms with Crippen LogP contribution in [0.1, 0.15) is 129 Å². The number of unbranched alkanes of at least 4 members (excludes halogenated alkanes) is 14. The molecular formula is C28H50O4. The zero-order valence-corrected chi connectivity index (χ0v) is 21.1. The molecule has 0 radical (unpaired) electrons. The summed E-state index contributed by atoms with van der Waals surface area (Å²) in [5.41, 5.74) is 0. The molecule has 0 spiro atoms. The second-order valence-electron chi connectivity index (χ2n) is 8.61. The average molecular weight is 451 g/mol. The molecule has 0 aliphatic carbocycles. The summed E-state index contributed by atoms with van der Waals surface area (Å²) in [5, 5.41) is 0. The van der Waals surface area contributed by atoms with Gasteiger partial charge < -0.3 is 9.47 Å². The maximum Gasteiger partial charge on any atom is 0.306 e. The Hall–Kier alpha value is -1.58. The van der Waals surface area contributed by atoms with Crippen LogP contribution in [0.4, 0.5) is 0 Å². The standard InChI is InChI=1S/C28H50O4/c1-3-5-7-9-11-13-15-17-19-21-25-31-27(29)23-24-28(30)32-26-22-20-18-16-14-12-10-8-6-4-2/h3-6H,7-26H2,1-2H3/b5-3+,6-4+. The van der Waals surface area contributed by atoms with Crippen molar-refractivity contribution in [1.82, 2.24) is 0 Å². The fourth-order valence-corrected chi connectivity index (χ4v) is 3.55. The normalized spacial score (nSPS) is 11.4. The smallest absolute Gasteiger partial charge is 0.306 e. The molecule has 32 heavy (non-hydrogen) atoms. The van der Waals surface area contributed by atoms with E-state index in [1.165, 1.54) is 77.0 Å². The van der Waals surface area contributed by atoms with Crippen LogP contribution in [0.5, 0.6) is 0 Å². The van der Waals surface area contributed by atoms with Crippen molar-refractivity contribution < 1.29 is 19.1 Å². The Balaban J connectivity index is 3.33. The van der Waals surface area contributed by atoms with E-state index in [0.29, 0.717) is 13.2 Å². The van der Waals surface area contributed by atoms with Crippen LogP contribution in [0, 0.1) is 0 Å². The topological polar surface area (TPSA) is 52.6 Å². The predicted octanol–water partition coefficient (Wildman–Crippen LogP) is 8.25. The lowest BCUT2D eigenvalue weighted by atomic mass is 10.1. The van der Waals surface area contributed by atoms with E-state index in [1.807, 2.05) is 0 Å². The van der Waals surface area contributed by atoms with E-state index < -0.39 is 0 Å². The Morgan fingerprint density at radius 2 is 0.812 bits per heavy atom. The van der Waals surface area contributed by atoms with Gasteiger partial charge >= 0.3 is 11.9 Å². The molecule has 0 amide bonds. The van der Waals surface area contributed by atoms with Gasteiger partial charge in [0.1, 0.15) is 0 Å². The summed E-state index contributed by atoms with van der Waals surface area (Å²) in [6, 6.07) is 0. The van der Waals surface area contributed by atoms with Crippen molar-refractivity contribution in [2.75, 3.05) is 13.2 Å². The van der Waals surface area contributed by atoms with Crippen molar-refractivity contribution in [2.45, 2.75) is 129 Å². The second-order valence-corrected chi connectivity index (χ2v) is 8.61. The van der Waals surface area contributed by atoms with Gasteiger partial charge in [-0.15, -0.1) is 0 Å². The molecule has 0 heterocycles. The highest BCUT2D eigenvalue weighted by molar-refractivity contribution is 5.77. The van der Waals surface area contributed by atoms with Gasteiger partial charge in [-0.1, -0.05) is 88.5 Å². The molecule has 0 aliphatic rings. The first-order valence-electron chi connectivity index (χ1n) is 13.2. The molecule has 0 rings (SSSR count). The minimum atomic E-state index is -0.291. The number of hydrogen-bond acceptors (Lipinski definition) is 4. The van der Waals surface area contributed by atoms with Crippen LogP contribution in [0.15, 0.2) is 24.3 Å². The van der Waals surface area contributed by atoms with Gasteiger partial charge in [0.15, 0.2) is 0 Å². The summed E-state index contributed by atoms with van der Waals surface area (Å²) < 4.78 is 10.4. The van der Waals surface area contributed by atoms with E-state index in [9.17, 15) is 9.59 Å². The number of carbonyl (C=O) groups is 2. The summed E-state index contributed by atoms with van der Waals surface area (Å²) in [6.07, 6.45) is 28.0. The molecular weight excluding hydrogens is 400 g/mol. The fourth-order valence-electron chi connectivity index (χ4n) is 3.55. The van der Waals surface area contributed by atoms with E-state index >= 15 is 0 Å². The summed E-state index contributed by atoms with van der Waals surface area (Å²) in [4.78, 5) is 23.5. The molecule has 0 saturated carbocycles. The van der Waals surface area contributed by atoms with Gasteiger partial charge in [0.2, 0.25) is 0 Å². The van der Waals surface area contributed by atoms with Crippen molar-refractivity contribution in [3.05, 3.63) is 24.3 Å². The molecule has 0 aliphatic heterocycles. The van der Waals surface area contributed by atoms with Crippen molar-refractivity contribution in [3.8, 4) is 0 Å². The molecule has 0 N–H and O–H groups in total. The number of carbonyl (C=O) groups excluding carboxylic acids is 2. The lowest BCUT2D eigenvalue weighted by Crippen LogP contribution is -2.11. The van der Waals surface area contributed by atoms with Crippen LogP contribution in [-0.4, -0.2) is 25.2 Å². The molecule has 0 aromatic rings. The number of rotatable bonds is 23. The summed E-state index contributed by atoms with van der Waals surface area (Å²) >= 11 is 0. The number of hydrogen-bond donors (Lipinski definition) is 0. The van der Waals surface area contributed by atoms with Gasteiger partial charge in [-0.2, -0.15) is 0 Å². The highest BCUT2D eigenvalue weighted by Gasteiger charge is 2.09. The van der Waals surface area contributed by atoms with Crippen LogP contribution in [-0.2, 0) is 19.1 Å². The van der Waals surface area contributed by atoms with E-state index in [2.05, 4.69) is 38.2 Å². The minimum absolute atomic E-state index is 0.123. The van der Waals surface area contributed by atoms with Crippen LogP contribution < -0.4 is 0 Å². The number of ether oxygens (including phenoxy) is 2. The molecule has 4 heteroatoms. The highest BCUT2D eigenvalue weighted by Crippen LogP contribution is 2.10. The second kappa shape index (κ2) is 25.7. The Morgan fingerprint density at radius 3 is 1.16 bits per heavy atom. The Bertz CT molecular complexity index is 438. The average Bonchev–Trinajstić information content (AvgIpc) is 2.79. The molecule has 0 fully saturated rings. The summed E-state index contributed by atoms with van der Waals surface area (Å²) in [7, 11) is 0. The van der Waals surface area contributed by atoms with Gasteiger partial charge in [-0.25, -0.2) is 0 Å². The van der Waals surface area contributed by atoms with Crippen LogP contribution in [0.3, 0.4) is 0 Å². The third kappa shape index (κ3) is 24.7. The van der Waals surface area contributed by atoms with Crippen molar-refractivity contribution >= 4 is 11.9 Å². The first-order valence-corrected chi connectivity index (χ1v) is 13.2. The number of esters is 2. The minimum Gasteiger partial charge on any atom is -0.466 e. The van der Waals surface area contributed by atoms with E-state index in [1.54, 1.807) is 0 Å². The molecule has 0 unspecified atom stereocenters. The molecule has 4 nitrogen and oxygen atoms in total. The van der Waals surface area contributed by atoms with Gasteiger partial charge in [-0.3, -0.25) is 9.59 Å². The predicted molar refractivity (Wildman–Crippen MR) is 135 cm³/mol. The van der Waals surface area contributed by atoms with E-state index in [4.69, 9.17) is 9.47 Å². The molecule has 186 valence electrons. The van der Waals surface area contributed by atoms with Gasteiger partial charge in [0.05, 0.1) is 26.1 Å². The Kier molecular flexibility index (Phi) is 24.4. The molecule has 0 bridgehead atoms.